The van der Waals surface area contributed by atoms with Gasteiger partial charge in [-0.05, 0) is 61.5 Å². The van der Waals surface area contributed by atoms with Crippen LogP contribution >= 0.6 is 11.8 Å². The first-order valence-electron chi connectivity index (χ1n) is 7.83. The van der Waals surface area contributed by atoms with Gasteiger partial charge in [0.2, 0.25) is 0 Å². The number of thioether (sulfide) groups is 1. The van der Waals surface area contributed by atoms with Crippen molar-refractivity contribution in [3.05, 3.63) is 23.3 Å². The molecule has 25 heavy (non-hydrogen) atoms. The zero-order valence-electron chi connectivity index (χ0n) is 14.8. The van der Waals surface area contributed by atoms with Crippen molar-refractivity contribution in [2.45, 2.75) is 38.4 Å². The zero-order chi connectivity index (χ0) is 19.0. The van der Waals surface area contributed by atoms with E-state index in [0.717, 1.165) is 24.2 Å². The molecule has 142 valence electrons. The zero-order valence-corrected chi connectivity index (χ0v) is 15.6. The lowest BCUT2D eigenvalue weighted by molar-refractivity contribution is -0.174. The van der Waals surface area contributed by atoms with E-state index in [1.54, 1.807) is 24.9 Å². The third-order valence-corrected chi connectivity index (χ3v) is 4.34. The topological polar surface area (TPSA) is 47.6 Å². The first kappa shape index (κ1) is 21.5. The summed E-state index contributed by atoms with van der Waals surface area (Å²) in [6, 6.07) is 2.92. The van der Waals surface area contributed by atoms with Crippen LogP contribution in [0.5, 0.6) is 11.5 Å². The van der Waals surface area contributed by atoms with Gasteiger partial charge in [-0.3, -0.25) is 4.79 Å². The minimum absolute atomic E-state index is 0.201. The van der Waals surface area contributed by atoms with Gasteiger partial charge in [-0.2, -0.15) is 24.9 Å². The number of alkyl halides is 3. The summed E-state index contributed by atoms with van der Waals surface area (Å²) in [5.74, 6) is 0.326. The van der Waals surface area contributed by atoms with E-state index < -0.39 is 18.1 Å². The number of nitrogens with one attached hydrogen (secondary N) is 1. The number of hydrogen-bond donors (Lipinski definition) is 1. The fourth-order valence-corrected chi connectivity index (χ4v) is 2.91. The van der Waals surface area contributed by atoms with Gasteiger partial charge in [-0.15, -0.1) is 0 Å². The van der Waals surface area contributed by atoms with Crippen LogP contribution in [-0.4, -0.2) is 44.4 Å². The van der Waals surface area contributed by atoms with Gasteiger partial charge in [-0.1, -0.05) is 0 Å². The minimum Gasteiger partial charge on any atom is -0.496 e. The normalized spacial score (nSPS) is 12.6. The lowest BCUT2D eigenvalue weighted by Gasteiger charge is -2.19. The molecular formula is C17H24F3NO3S. The first-order chi connectivity index (χ1) is 11.7. The van der Waals surface area contributed by atoms with Gasteiger partial charge < -0.3 is 14.8 Å². The number of methoxy groups -OCH3 is 2. The number of rotatable bonds is 9. The molecule has 0 radical (unpaired) electrons. The third-order valence-electron chi connectivity index (χ3n) is 3.64. The van der Waals surface area contributed by atoms with Crippen molar-refractivity contribution in [3.8, 4) is 11.5 Å². The highest BCUT2D eigenvalue weighted by atomic mass is 32.2. The second-order valence-electron chi connectivity index (χ2n) is 5.65. The summed E-state index contributed by atoms with van der Waals surface area (Å²) < 4.78 is 47.8. The second-order valence-corrected chi connectivity index (χ2v) is 6.63. The number of carbonyl (C=O) groups is 1. The Morgan fingerprint density at radius 2 is 1.76 bits per heavy atom. The number of benzene rings is 1. The van der Waals surface area contributed by atoms with Crippen molar-refractivity contribution in [2.24, 2.45) is 0 Å². The molecule has 0 bridgehead atoms. The maximum absolute atomic E-state index is 12.4. The Balaban J connectivity index is 2.93. The molecule has 1 aromatic carbocycles. The maximum atomic E-state index is 12.4. The van der Waals surface area contributed by atoms with E-state index in [1.165, 1.54) is 14.0 Å². The number of carbonyl (C=O) groups excluding carboxylic acids is 1. The predicted molar refractivity (Wildman–Crippen MR) is 93.6 cm³/mol. The summed E-state index contributed by atoms with van der Waals surface area (Å²) >= 11 is 1.76. The molecule has 8 heteroatoms. The molecule has 1 aromatic rings. The van der Waals surface area contributed by atoms with Crippen LogP contribution in [0.15, 0.2) is 12.1 Å². The van der Waals surface area contributed by atoms with Crippen LogP contribution in [0.2, 0.25) is 0 Å². The second kappa shape index (κ2) is 9.79. The van der Waals surface area contributed by atoms with Crippen molar-refractivity contribution >= 4 is 17.7 Å². The Hall–Kier alpha value is -1.57. The summed E-state index contributed by atoms with van der Waals surface area (Å²) in [5.41, 5.74) is 1.67. The summed E-state index contributed by atoms with van der Waals surface area (Å²) in [7, 11) is 3.06. The lowest BCUT2D eigenvalue weighted by atomic mass is 10.0. The Bertz CT molecular complexity index is 579. The Morgan fingerprint density at radius 3 is 2.28 bits per heavy atom. The van der Waals surface area contributed by atoms with Crippen LogP contribution in [0.4, 0.5) is 13.2 Å². The lowest BCUT2D eigenvalue weighted by Crippen LogP contribution is -2.42. The van der Waals surface area contributed by atoms with Crippen LogP contribution in [0.1, 0.15) is 24.5 Å². The molecule has 1 N–H and O–H groups in total. The van der Waals surface area contributed by atoms with E-state index in [2.05, 4.69) is 0 Å². The van der Waals surface area contributed by atoms with E-state index in [4.69, 9.17) is 9.47 Å². The fraction of sp³-hybridized carbons (Fsp3) is 0.588. The van der Waals surface area contributed by atoms with Crippen molar-refractivity contribution in [3.63, 3.8) is 0 Å². The summed E-state index contributed by atoms with van der Waals surface area (Å²) in [4.78, 5) is 11.0. The Labute approximate surface area is 150 Å². The van der Waals surface area contributed by atoms with Gasteiger partial charge in [0, 0.05) is 6.04 Å². The smallest absolute Gasteiger partial charge is 0.471 e. The maximum Gasteiger partial charge on any atom is 0.471 e. The van der Waals surface area contributed by atoms with Crippen molar-refractivity contribution in [1.29, 1.82) is 0 Å². The minimum atomic E-state index is -4.89. The van der Waals surface area contributed by atoms with E-state index in [1.807, 2.05) is 17.6 Å². The molecule has 0 spiro atoms. The summed E-state index contributed by atoms with van der Waals surface area (Å²) in [5, 5.41) is 1.95. The summed E-state index contributed by atoms with van der Waals surface area (Å²) in [6.07, 6.45) is -0.847. The average molecular weight is 379 g/mol. The molecule has 1 amide bonds. The van der Waals surface area contributed by atoms with Crippen LogP contribution < -0.4 is 14.8 Å². The molecule has 0 aliphatic carbocycles. The Kier molecular flexibility index (Phi) is 8.41. The molecule has 0 aliphatic rings. The number of aryl methyl sites for hydroxylation is 1. The molecule has 1 unspecified atom stereocenters. The number of halogens is 3. The highest BCUT2D eigenvalue weighted by molar-refractivity contribution is 7.98. The molecule has 0 aromatic heterocycles. The molecule has 0 heterocycles. The molecule has 0 fully saturated rings. The Morgan fingerprint density at radius 1 is 1.20 bits per heavy atom. The molecular weight excluding hydrogens is 355 g/mol. The van der Waals surface area contributed by atoms with Crippen LogP contribution in [-0.2, 0) is 17.6 Å². The van der Waals surface area contributed by atoms with E-state index in [-0.39, 0.29) is 6.42 Å². The molecule has 1 rings (SSSR count). The summed E-state index contributed by atoms with van der Waals surface area (Å²) in [6.45, 7) is 1.52. The van der Waals surface area contributed by atoms with E-state index in [9.17, 15) is 18.0 Å². The fourth-order valence-electron chi connectivity index (χ4n) is 2.47. The molecule has 0 saturated heterocycles. The van der Waals surface area contributed by atoms with Crippen LogP contribution in [0.3, 0.4) is 0 Å². The van der Waals surface area contributed by atoms with Gasteiger partial charge in [0.1, 0.15) is 11.5 Å². The average Bonchev–Trinajstić information content (AvgIpc) is 2.54. The van der Waals surface area contributed by atoms with Gasteiger partial charge in [0.15, 0.2) is 0 Å². The standard InChI is InChI=1S/C17H24F3NO3S/c1-11(21-16(22)17(18,19)20)8-13-10-14(23-2)12(6-5-7-25-4)9-15(13)24-3/h9-11H,5-8H2,1-4H3,(H,21,22). The van der Waals surface area contributed by atoms with Gasteiger partial charge in [-0.25, -0.2) is 0 Å². The van der Waals surface area contributed by atoms with E-state index in [0.29, 0.717) is 17.1 Å². The van der Waals surface area contributed by atoms with Crippen molar-refractivity contribution in [2.75, 3.05) is 26.2 Å². The predicted octanol–water partition coefficient (Wildman–Crippen LogP) is 3.61. The SMILES string of the molecule is COc1cc(CC(C)NC(=O)C(F)(F)F)c(OC)cc1CCCSC. The largest absolute Gasteiger partial charge is 0.496 e. The van der Waals surface area contributed by atoms with Crippen LogP contribution in [0.25, 0.3) is 0 Å². The quantitative estimate of drug-likeness (QED) is 0.666. The molecule has 0 aliphatic heterocycles. The number of hydrogen-bond acceptors (Lipinski definition) is 4. The molecule has 4 nitrogen and oxygen atoms in total. The molecule has 0 saturated carbocycles. The van der Waals surface area contributed by atoms with Crippen molar-refractivity contribution in [1.82, 2.24) is 5.32 Å². The first-order valence-corrected chi connectivity index (χ1v) is 9.22. The van der Waals surface area contributed by atoms with E-state index >= 15 is 0 Å². The van der Waals surface area contributed by atoms with Gasteiger partial charge >= 0.3 is 12.1 Å². The highest BCUT2D eigenvalue weighted by Crippen LogP contribution is 2.31. The monoisotopic (exact) mass is 379 g/mol. The van der Waals surface area contributed by atoms with Gasteiger partial charge in [0.25, 0.3) is 0 Å². The molecule has 1 atom stereocenters. The van der Waals surface area contributed by atoms with Crippen molar-refractivity contribution < 1.29 is 27.4 Å². The number of amides is 1. The highest BCUT2D eigenvalue weighted by Gasteiger charge is 2.39. The van der Waals surface area contributed by atoms with Crippen LogP contribution in [0, 0.1) is 0 Å². The van der Waals surface area contributed by atoms with Gasteiger partial charge in [0.05, 0.1) is 14.2 Å². The third kappa shape index (κ3) is 6.68. The number of ether oxygens (including phenoxy) is 2.